The Morgan fingerprint density at radius 1 is 1.40 bits per heavy atom. The number of rotatable bonds is 6. The van der Waals surface area contributed by atoms with E-state index in [0.29, 0.717) is 45.6 Å². The van der Waals surface area contributed by atoms with Gasteiger partial charge in [0.2, 0.25) is 5.91 Å². The third-order valence-corrected chi connectivity index (χ3v) is 5.62. The lowest BCUT2D eigenvalue weighted by Gasteiger charge is -2.25. The first-order valence-electron chi connectivity index (χ1n) is 8.63. The average molecular weight is 347 g/mol. The number of aryl methyl sites for hydroxylation is 2. The maximum atomic E-state index is 12.6. The summed E-state index contributed by atoms with van der Waals surface area (Å²) in [6.07, 6.45) is 2.72. The van der Waals surface area contributed by atoms with Crippen molar-refractivity contribution in [2.75, 3.05) is 32.7 Å². The molecule has 2 fully saturated rings. The fraction of sp³-hybridized carbons (Fsp3) is 0.611. The Labute approximate surface area is 147 Å². The SMILES string of the molecule is C=CCN1C[C@@H]2CN(C(=O)CCc3c(C)noc3C)C[C@]2(C(=O)O)C1. The first-order chi connectivity index (χ1) is 11.9. The zero-order valence-corrected chi connectivity index (χ0v) is 14.8. The van der Waals surface area contributed by atoms with E-state index < -0.39 is 11.4 Å². The minimum atomic E-state index is -0.846. The van der Waals surface area contributed by atoms with E-state index in [0.717, 1.165) is 17.0 Å². The molecule has 0 unspecified atom stereocenters. The number of fused-ring (bicyclic) bond motifs is 1. The monoisotopic (exact) mass is 347 g/mol. The maximum Gasteiger partial charge on any atom is 0.313 e. The lowest BCUT2D eigenvalue weighted by atomic mass is 9.81. The molecule has 0 aliphatic carbocycles. The number of likely N-dealkylation sites (tertiary alicyclic amines) is 2. The van der Waals surface area contributed by atoms with Gasteiger partial charge in [-0.2, -0.15) is 0 Å². The molecule has 1 aromatic heterocycles. The molecule has 7 nitrogen and oxygen atoms in total. The van der Waals surface area contributed by atoms with Crippen molar-refractivity contribution in [1.82, 2.24) is 15.0 Å². The van der Waals surface area contributed by atoms with Crippen molar-refractivity contribution in [2.45, 2.75) is 26.7 Å². The van der Waals surface area contributed by atoms with E-state index in [2.05, 4.69) is 16.6 Å². The van der Waals surface area contributed by atoms with Gasteiger partial charge in [0.25, 0.3) is 0 Å². The maximum absolute atomic E-state index is 12.6. The van der Waals surface area contributed by atoms with Crippen LogP contribution in [0, 0.1) is 25.2 Å². The van der Waals surface area contributed by atoms with Crippen LogP contribution in [-0.4, -0.2) is 64.7 Å². The highest BCUT2D eigenvalue weighted by molar-refractivity contribution is 5.82. The van der Waals surface area contributed by atoms with Crippen molar-refractivity contribution in [1.29, 1.82) is 0 Å². The summed E-state index contributed by atoms with van der Waals surface area (Å²) >= 11 is 0. The molecule has 0 spiro atoms. The van der Waals surface area contributed by atoms with Crippen LogP contribution >= 0.6 is 0 Å². The topological polar surface area (TPSA) is 86.9 Å². The molecule has 3 heterocycles. The average Bonchev–Trinajstić information content (AvgIpc) is 3.17. The molecule has 2 aliphatic heterocycles. The Bertz CT molecular complexity index is 679. The van der Waals surface area contributed by atoms with Crippen LogP contribution < -0.4 is 0 Å². The van der Waals surface area contributed by atoms with Crippen molar-refractivity contribution in [3.63, 3.8) is 0 Å². The van der Waals surface area contributed by atoms with E-state index in [4.69, 9.17) is 4.52 Å². The minimum Gasteiger partial charge on any atom is -0.481 e. The Morgan fingerprint density at radius 3 is 2.72 bits per heavy atom. The molecular weight excluding hydrogens is 322 g/mol. The van der Waals surface area contributed by atoms with Gasteiger partial charge in [-0.1, -0.05) is 11.2 Å². The summed E-state index contributed by atoms with van der Waals surface area (Å²) in [6.45, 7) is 10.1. The van der Waals surface area contributed by atoms with Gasteiger partial charge in [-0.3, -0.25) is 14.5 Å². The Balaban J connectivity index is 1.65. The summed E-state index contributed by atoms with van der Waals surface area (Å²) in [5.41, 5.74) is 0.935. The Kier molecular flexibility index (Phi) is 4.69. The third kappa shape index (κ3) is 3.08. The van der Waals surface area contributed by atoms with Crippen LogP contribution in [0.5, 0.6) is 0 Å². The van der Waals surface area contributed by atoms with Crippen molar-refractivity contribution in [3.8, 4) is 0 Å². The summed E-state index contributed by atoms with van der Waals surface area (Å²) in [7, 11) is 0. The molecule has 1 aromatic rings. The van der Waals surface area contributed by atoms with E-state index in [-0.39, 0.29) is 11.8 Å². The second-order valence-electron chi connectivity index (χ2n) is 7.22. The molecule has 2 atom stereocenters. The largest absolute Gasteiger partial charge is 0.481 e. The van der Waals surface area contributed by atoms with Gasteiger partial charge in [-0.05, 0) is 20.3 Å². The van der Waals surface area contributed by atoms with Gasteiger partial charge in [0.15, 0.2) is 0 Å². The van der Waals surface area contributed by atoms with E-state index in [1.807, 2.05) is 13.8 Å². The van der Waals surface area contributed by atoms with Gasteiger partial charge in [0.1, 0.15) is 11.2 Å². The summed E-state index contributed by atoms with van der Waals surface area (Å²) in [6, 6.07) is 0. The third-order valence-electron chi connectivity index (χ3n) is 5.62. The summed E-state index contributed by atoms with van der Waals surface area (Å²) in [5.74, 6) is -0.0750. The molecule has 1 N–H and O–H groups in total. The van der Waals surface area contributed by atoms with Gasteiger partial charge in [-0.15, -0.1) is 6.58 Å². The summed E-state index contributed by atoms with van der Waals surface area (Å²) in [5, 5.41) is 13.7. The first-order valence-corrected chi connectivity index (χ1v) is 8.63. The van der Waals surface area contributed by atoms with Crippen molar-refractivity contribution in [2.24, 2.45) is 11.3 Å². The van der Waals surface area contributed by atoms with E-state index in [1.165, 1.54) is 0 Å². The van der Waals surface area contributed by atoms with Crippen molar-refractivity contribution < 1.29 is 19.2 Å². The Hall–Kier alpha value is -2.15. The minimum absolute atomic E-state index is 0.00490. The molecule has 0 bridgehead atoms. The molecule has 0 aromatic carbocycles. The van der Waals surface area contributed by atoms with Crippen LogP contribution in [0.1, 0.15) is 23.4 Å². The van der Waals surface area contributed by atoms with Crippen LogP contribution in [-0.2, 0) is 16.0 Å². The molecule has 25 heavy (non-hydrogen) atoms. The predicted octanol–water partition coefficient (Wildman–Crippen LogP) is 1.26. The second-order valence-corrected chi connectivity index (χ2v) is 7.22. The highest BCUT2D eigenvalue weighted by atomic mass is 16.5. The molecule has 2 aliphatic rings. The molecule has 136 valence electrons. The number of hydrogen-bond acceptors (Lipinski definition) is 5. The molecule has 1 amide bonds. The zero-order valence-electron chi connectivity index (χ0n) is 14.8. The number of carbonyl (C=O) groups excluding carboxylic acids is 1. The second kappa shape index (κ2) is 6.63. The number of aromatic nitrogens is 1. The van der Waals surface area contributed by atoms with Crippen molar-refractivity contribution >= 4 is 11.9 Å². The number of carboxylic acid groups (broad SMARTS) is 1. The summed E-state index contributed by atoms with van der Waals surface area (Å²) in [4.78, 5) is 28.4. The van der Waals surface area contributed by atoms with Gasteiger partial charge in [0.05, 0.1) is 5.69 Å². The number of amides is 1. The highest BCUT2D eigenvalue weighted by Crippen LogP contribution is 2.43. The standard InChI is InChI=1S/C18H25N3O4/c1-4-7-20-8-14-9-21(11-18(14,10-20)17(23)24)16(22)6-5-15-12(2)19-25-13(15)3/h4,14H,1,5-11H2,2-3H3,(H,23,24)/t14-,18-/m1/s1. The number of hydrogen-bond donors (Lipinski definition) is 1. The van der Waals surface area contributed by atoms with E-state index in [9.17, 15) is 14.7 Å². The first kappa shape index (κ1) is 17.7. The lowest BCUT2D eigenvalue weighted by molar-refractivity contribution is -0.149. The van der Waals surface area contributed by atoms with Crippen molar-refractivity contribution in [3.05, 3.63) is 29.7 Å². The summed E-state index contributed by atoms with van der Waals surface area (Å²) < 4.78 is 5.13. The van der Waals surface area contributed by atoms with Crippen LogP contribution in [0.2, 0.25) is 0 Å². The van der Waals surface area contributed by atoms with Crippen LogP contribution in [0.15, 0.2) is 17.2 Å². The van der Waals surface area contributed by atoms with Gasteiger partial charge >= 0.3 is 5.97 Å². The van der Waals surface area contributed by atoms with Gasteiger partial charge < -0.3 is 14.5 Å². The molecule has 2 saturated heterocycles. The number of nitrogens with zero attached hydrogens (tertiary/aromatic N) is 3. The molecule has 7 heteroatoms. The Morgan fingerprint density at radius 2 is 2.16 bits per heavy atom. The smallest absolute Gasteiger partial charge is 0.313 e. The fourth-order valence-corrected chi connectivity index (χ4v) is 4.23. The quantitative estimate of drug-likeness (QED) is 0.780. The fourth-order valence-electron chi connectivity index (χ4n) is 4.23. The molecule has 3 rings (SSSR count). The van der Waals surface area contributed by atoms with Crippen LogP contribution in [0.4, 0.5) is 0 Å². The van der Waals surface area contributed by atoms with Gasteiger partial charge in [0, 0.05) is 50.6 Å². The number of aliphatic carboxylic acids is 1. The van der Waals surface area contributed by atoms with Gasteiger partial charge in [-0.25, -0.2) is 0 Å². The van der Waals surface area contributed by atoms with Crippen LogP contribution in [0.3, 0.4) is 0 Å². The number of carboxylic acids is 1. The highest BCUT2D eigenvalue weighted by Gasteiger charge is 2.58. The van der Waals surface area contributed by atoms with E-state index in [1.54, 1.807) is 11.0 Å². The molecule has 0 saturated carbocycles. The predicted molar refractivity (Wildman–Crippen MR) is 91.1 cm³/mol. The van der Waals surface area contributed by atoms with E-state index >= 15 is 0 Å². The van der Waals surface area contributed by atoms with Crippen LogP contribution in [0.25, 0.3) is 0 Å². The number of carbonyl (C=O) groups is 2. The molecule has 0 radical (unpaired) electrons. The lowest BCUT2D eigenvalue weighted by Crippen LogP contribution is -2.42. The molecular formula is C18H25N3O4. The normalized spacial score (nSPS) is 26.0. The zero-order chi connectivity index (χ0) is 18.2.